The molecule has 0 atom stereocenters. The number of nitrogens with zero attached hydrogens (tertiary/aromatic N) is 3. The molecule has 0 radical (unpaired) electrons. The van der Waals surface area contributed by atoms with E-state index in [9.17, 15) is 0 Å². The third-order valence-electron chi connectivity index (χ3n) is 4.61. The van der Waals surface area contributed by atoms with Gasteiger partial charge in [-0.1, -0.05) is 19.9 Å². The number of hydrogen-bond acceptors (Lipinski definition) is 5. The maximum Gasteiger partial charge on any atom is 0.126 e. The number of fused-ring (bicyclic) bond motifs is 5. The SMILES string of the molecule is C=CCSc1ncnc2c1sc1nc(C(C)C)c3c(c12)CCCC3. The normalized spacial score (nSPS) is 14.5. The second-order valence-electron chi connectivity index (χ2n) is 6.55. The van der Waals surface area contributed by atoms with E-state index in [1.165, 1.54) is 39.7 Å². The van der Waals surface area contributed by atoms with Crippen LogP contribution < -0.4 is 0 Å². The maximum absolute atomic E-state index is 5.07. The minimum Gasteiger partial charge on any atom is -0.241 e. The fourth-order valence-corrected chi connectivity index (χ4v) is 5.56. The van der Waals surface area contributed by atoms with Gasteiger partial charge in [0.1, 0.15) is 16.2 Å². The maximum atomic E-state index is 5.07. The topological polar surface area (TPSA) is 38.7 Å². The van der Waals surface area contributed by atoms with Crippen LogP contribution in [0.15, 0.2) is 24.0 Å². The molecule has 24 heavy (non-hydrogen) atoms. The van der Waals surface area contributed by atoms with Gasteiger partial charge in [0.05, 0.1) is 10.2 Å². The lowest BCUT2D eigenvalue weighted by Crippen LogP contribution is -2.10. The van der Waals surface area contributed by atoms with Gasteiger partial charge in [-0.3, -0.25) is 0 Å². The lowest BCUT2D eigenvalue weighted by atomic mass is 9.86. The Balaban J connectivity index is 2.04. The van der Waals surface area contributed by atoms with E-state index in [2.05, 4.69) is 30.4 Å². The van der Waals surface area contributed by atoms with Crippen molar-refractivity contribution in [1.82, 2.24) is 15.0 Å². The van der Waals surface area contributed by atoms with Crippen molar-refractivity contribution in [3.8, 4) is 0 Å². The molecule has 1 aliphatic rings. The Morgan fingerprint density at radius 1 is 1.25 bits per heavy atom. The average molecular weight is 356 g/mol. The fourth-order valence-electron chi connectivity index (χ4n) is 3.59. The van der Waals surface area contributed by atoms with Crippen LogP contribution in [0.4, 0.5) is 0 Å². The molecule has 0 bridgehead atoms. The lowest BCUT2D eigenvalue weighted by Gasteiger charge is -2.21. The van der Waals surface area contributed by atoms with Crippen molar-refractivity contribution >= 4 is 43.5 Å². The Bertz CT molecular complexity index is 927. The molecule has 0 unspecified atom stereocenters. The average Bonchev–Trinajstić information content (AvgIpc) is 2.98. The van der Waals surface area contributed by atoms with Gasteiger partial charge in [0.25, 0.3) is 0 Å². The quantitative estimate of drug-likeness (QED) is 0.351. The molecule has 3 nitrogen and oxygen atoms in total. The standard InChI is InChI=1S/C19H21N3S2/c1-4-9-23-19-17-16(20-10-21-19)14-12-7-5-6-8-13(12)15(11(2)3)22-18(14)24-17/h4,10-11H,1,5-9H2,2-3H3. The van der Waals surface area contributed by atoms with E-state index in [0.29, 0.717) is 5.92 Å². The second-order valence-corrected chi connectivity index (χ2v) is 8.56. The summed E-state index contributed by atoms with van der Waals surface area (Å²) in [6.07, 6.45) is 8.47. The van der Waals surface area contributed by atoms with Gasteiger partial charge in [0.15, 0.2) is 0 Å². The van der Waals surface area contributed by atoms with Gasteiger partial charge >= 0.3 is 0 Å². The molecule has 3 aromatic heterocycles. The van der Waals surface area contributed by atoms with Crippen molar-refractivity contribution < 1.29 is 0 Å². The molecule has 124 valence electrons. The van der Waals surface area contributed by atoms with Crippen LogP contribution in [0.5, 0.6) is 0 Å². The van der Waals surface area contributed by atoms with Crippen LogP contribution in [0.3, 0.4) is 0 Å². The highest BCUT2D eigenvalue weighted by molar-refractivity contribution is 7.99. The first-order valence-electron chi connectivity index (χ1n) is 8.53. The van der Waals surface area contributed by atoms with Gasteiger partial charge in [-0.05, 0) is 42.7 Å². The number of aryl methyl sites for hydroxylation is 1. The Hall–Kier alpha value is -1.46. The summed E-state index contributed by atoms with van der Waals surface area (Å²) in [6.45, 7) is 8.32. The van der Waals surface area contributed by atoms with Gasteiger partial charge in [0, 0.05) is 16.8 Å². The van der Waals surface area contributed by atoms with E-state index in [1.807, 2.05) is 6.08 Å². The largest absolute Gasteiger partial charge is 0.241 e. The molecule has 0 amide bonds. The number of thioether (sulfide) groups is 1. The summed E-state index contributed by atoms with van der Waals surface area (Å²) in [5.41, 5.74) is 5.37. The first-order chi connectivity index (χ1) is 11.7. The lowest BCUT2D eigenvalue weighted by molar-refractivity contribution is 0.667. The van der Waals surface area contributed by atoms with Crippen LogP contribution in [0, 0.1) is 0 Å². The van der Waals surface area contributed by atoms with Crippen molar-refractivity contribution in [3.05, 3.63) is 35.8 Å². The Morgan fingerprint density at radius 3 is 2.79 bits per heavy atom. The summed E-state index contributed by atoms with van der Waals surface area (Å²) in [5, 5.41) is 2.34. The minimum absolute atomic E-state index is 0.465. The molecular formula is C19H21N3S2. The van der Waals surface area contributed by atoms with Crippen LogP contribution in [0.2, 0.25) is 0 Å². The number of thiophene rings is 1. The molecule has 0 saturated heterocycles. The molecule has 0 aliphatic heterocycles. The van der Waals surface area contributed by atoms with Gasteiger partial charge < -0.3 is 0 Å². The van der Waals surface area contributed by atoms with E-state index >= 15 is 0 Å². The first kappa shape index (κ1) is 16.0. The van der Waals surface area contributed by atoms with Crippen molar-refractivity contribution in [2.75, 3.05) is 5.75 Å². The summed E-state index contributed by atoms with van der Waals surface area (Å²) < 4.78 is 1.18. The zero-order valence-corrected chi connectivity index (χ0v) is 15.8. The van der Waals surface area contributed by atoms with E-state index in [1.54, 1.807) is 29.4 Å². The third kappa shape index (κ3) is 2.54. The molecule has 1 aliphatic carbocycles. The molecule has 4 rings (SSSR count). The van der Waals surface area contributed by atoms with Crippen molar-refractivity contribution in [2.45, 2.75) is 50.5 Å². The molecule has 3 heterocycles. The molecular weight excluding hydrogens is 334 g/mol. The molecule has 0 aromatic carbocycles. The summed E-state index contributed by atoms with van der Waals surface area (Å²) in [5.74, 6) is 1.33. The fraction of sp³-hybridized carbons (Fsp3) is 0.421. The van der Waals surface area contributed by atoms with Crippen molar-refractivity contribution in [2.24, 2.45) is 0 Å². The molecule has 5 heteroatoms. The second kappa shape index (κ2) is 6.45. The molecule has 0 fully saturated rings. The van der Waals surface area contributed by atoms with E-state index in [-0.39, 0.29) is 0 Å². The summed E-state index contributed by atoms with van der Waals surface area (Å²) >= 11 is 3.48. The smallest absolute Gasteiger partial charge is 0.126 e. The Kier molecular flexibility index (Phi) is 4.31. The van der Waals surface area contributed by atoms with Gasteiger partial charge in [-0.25, -0.2) is 15.0 Å². The summed E-state index contributed by atoms with van der Waals surface area (Å²) in [4.78, 5) is 15.3. The first-order valence-corrected chi connectivity index (χ1v) is 10.3. The highest BCUT2D eigenvalue weighted by Gasteiger charge is 2.24. The molecule has 0 spiro atoms. The van der Waals surface area contributed by atoms with Gasteiger partial charge in [-0.15, -0.1) is 29.7 Å². The number of pyridine rings is 1. The van der Waals surface area contributed by atoms with E-state index < -0.39 is 0 Å². The van der Waals surface area contributed by atoms with E-state index in [0.717, 1.165) is 34.0 Å². The van der Waals surface area contributed by atoms with Crippen LogP contribution in [0.25, 0.3) is 20.4 Å². The summed E-state index contributed by atoms with van der Waals surface area (Å²) in [6, 6.07) is 0. The highest BCUT2D eigenvalue weighted by Crippen LogP contribution is 2.42. The molecule has 3 aromatic rings. The number of rotatable bonds is 4. The van der Waals surface area contributed by atoms with Crippen molar-refractivity contribution in [1.29, 1.82) is 0 Å². The molecule has 0 saturated carbocycles. The van der Waals surface area contributed by atoms with Crippen LogP contribution in [-0.2, 0) is 12.8 Å². The molecule has 0 N–H and O–H groups in total. The zero-order valence-electron chi connectivity index (χ0n) is 14.1. The predicted molar refractivity (Wildman–Crippen MR) is 104 cm³/mol. The van der Waals surface area contributed by atoms with E-state index in [4.69, 9.17) is 4.98 Å². The highest BCUT2D eigenvalue weighted by atomic mass is 32.2. The van der Waals surface area contributed by atoms with Crippen LogP contribution in [0.1, 0.15) is 49.4 Å². The van der Waals surface area contributed by atoms with Crippen LogP contribution in [-0.4, -0.2) is 20.7 Å². The zero-order chi connectivity index (χ0) is 16.7. The minimum atomic E-state index is 0.465. The monoisotopic (exact) mass is 355 g/mol. The predicted octanol–water partition coefficient (Wildman–Crippen LogP) is 5.52. The number of hydrogen-bond donors (Lipinski definition) is 0. The third-order valence-corrected chi connectivity index (χ3v) is 6.80. The van der Waals surface area contributed by atoms with Crippen LogP contribution >= 0.6 is 23.1 Å². The summed E-state index contributed by atoms with van der Waals surface area (Å²) in [7, 11) is 0. The number of aromatic nitrogens is 3. The van der Waals surface area contributed by atoms with Crippen molar-refractivity contribution in [3.63, 3.8) is 0 Å². The van der Waals surface area contributed by atoms with Gasteiger partial charge in [0.2, 0.25) is 0 Å². The van der Waals surface area contributed by atoms with Gasteiger partial charge in [-0.2, -0.15) is 0 Å². The Labute approximate surface area is 150 Å². The Morgan fingerprint density at radius 2 is 2.04 bits per heavy atom.